The molecule has 0 amide bonds. The first-order valence-corrected chi connectivity index (χ1v) is 13.4. The summed E-state index contributed by atoms with van der Waals surface area (Å²) in [6, 6.07) is 13.7. The van der Waals surface area contributed by atoms with Crippen LogP contribution >= 0.6 is 34.8 Å². The maximum atomic E-state index is 6.74. The number of nitrogens with zero attached hydrogens (tertiary/aromatic N) is 1. The quantitative estimate of drug-likeness (QED) is 0.278. The Morgan fingerprint density at radius 3 is 2.49 bits per heavy atom. The van der Waals surface area contributed by atoms with Gasteiger partial charge in [0, 0.05) is 22.4 Å². The summed E-state index contributed by atoms with van der Waals surface area (Å²) < 4.78 is 11.9. The summed E-state index contributed by atoms with van der Waals surface area (Å²) in [4.78, 5) is 0. The summed E-state index contributed by atoms with van der Waals surface area (Å²) in [5, 5.41) is 6.05. The standard InChI is InChI=1S/C31H30Cl3NO2/c1-18(2)22-9-6-8-21(15-22)12-13-24-20(5)14-23(16-28(24)34)36-17-25-30(35-37-31(25)19(3)4)29-26(32)10-7-11-27(29)33/h6-16,19-20,24H,1,17H2,2-5H3/b13-12+/t20-,24?/m1/s1. The zero-order valence-corrected chi connectivity index (χ0v) is 23.7. The number of aromatic nitrogens is 1. The lowest BCUT2D eigenvalue weighted by Crippen LogP contribution is -2.13. The third-order valence-corrected chi connectivity index (χ3v) is 7.38. The van der Waals surface area contributed by atoms with E-state index >= 15 is 0 Å². The Balaban J connectivity index is 1.53. The Kier molecular flexibility index (Phi) is 8.69. The highest BCUT2D eigenvalue weighted by Gasteiger charge is 2.26. The van der Waals surface area contributed by atoms with E-state index in [2.05, 4.69) is 55.1 Å². The Bertz CT molecular complexity index is 1380. The third kappa shape index (κ3) is 6.23. The molecule has 2 aromatic carbocycles. The van der Waals surface area contributed by atoms with E-state index in [0.717, 1.165) is 33.1 Å². The molecule has 1 heterocycles. The van der Waals surface area contributed by atoms with E-state index in [0.29, 0.717) is 27.1 Å². The van der Waals surface area contributed by atoms with E-state index in [1.54, 1.807) is 18.2 Å². The van der Waals surface area contributed by atoms with Gasteiger partial charge in [-0.2, -0.15) is 0 Å². The zero-order valence-electron chi connectivity index (χ0n) is 21.4. The van der Waals surface area contributed by atoms with Crippen molar-refractivity contribution >= 4 is 46.5 Å². The van der Waals surface area contributed by atoms with Crippen LogP contribution in [0.25, 0.3) is 22.9 Å². The molecular weight excluding hydrogens is 525 g/mol. The highest BCUT2D eigenvalue weighted by Crippen LogP contribution is 2.40. The molecule has 3 aromatic rings. The first-order chi connectivity index (χ1) is 17.7. The van der Waals surface area contributed by atoms with E-state index in [9.17, 15) is 0 Å². The Hall–Kier alpha value is -2.72. The molecular formula is C31H30Cl3NO2. The normalized spacial score (nSPS) is 17.7. The van der Waals surface area contributed by atoms with Gasteiger partial charge in [-0.15, -0.1) is 0 Å². The van der Waals surface area contributed by atoms with E-state index in [4.69, 9.17) is 44.1 Å². The fourth-order valence-electron chi connectivity index (χ4n) is 4.36. The molecule has 0 fully saturated rings. The van der Waals surface area contributed by atoms with Crippen molar-refractivity contribution in [2.45, 2.75) is 40.2 Å². The first kappa shape index (κ1) is 27.3. The lowest BCUT2D eigenvalue weighted by atomic mass is 9.88. The number of hydrogen-bond donors (Lipinski definition) is 0. The summed E-state index contributed by atoms with van der Waals surface area (Å²) in [5.74, 6) is 1.76. The predicted octanol–water partition coefficient (Wildman–Crippen LogP) is 10.3. The van der Waals surface area contributed by atoms with Gasteiger partial charge in [-0.25, -0.2) is 0 Å². The molecule has 4 rings (SSSR count). The van der Waals surface area contributed by atoms with Gasteiger partial charge in [0.2, 0.25) is 0 Å². The molecule has 0 saturated heterocycles. The Labute approximate surface area is 234 Å². The Morgan fingerprint density at radius 1 is 1.14 bits per heavy atom. The average molecular weight is 555 g/mol. The van der Waals surface area contributed by atoms with Crippen molar-refractivity contribution in [3.8, 4) is 11.3 Å². The molecule has 0 saturated carbocycles. The fourth-order valence-corrected chi connectivity index (χ4v) is 5.32. The van der Waals surface area contributed by atoms with Crippen molar-refractivity contribution in [1.29, 1.82) is 0 Å². The van der Waals surface area contributed by atoms with Crippen molar-refractivity contribution in [2.75, 3.05) is 0 Å². The van der Waals surface area contributed by atoms with Gasteiger partial charge in [-0.1, -0.05) is 109 Å². The van der Waals surface area contributed by atoms with Gasteiger partial charge < -0.3 is 9.26 Å². The second kappa shape index (κ2) is 11.8. The van der Waals surface area contributed by atoms with E-state index in [-0.39, 0.29) is 24.4 Å². The van der Waals surface area contributed by atoms with Gasteiger partial charge >= 0.3 is 0 Å². The molecule has 192 valence electrons. The number of halogens is 3. The summed E-state index contributed by atoms with van der Waals surface area (Å²) in [7, 11) is 0. The molecule has 0 radical (unpaired) electrons. The summed E-state index contributed by atoms with van der Waals surface area (Å²) >= 11 is 19.7. The van der Waals surface area contributed by atoms with Crippen molar-refractivity contribution < 1.29 is 9.26 Å². The molecule has 1 unspecified atom stereocenters. The number of ether oxygens (including phenoxy) is 1. The van der Waals surface area contributed by atoms with Gasteiger partial charge in [0.15, 0.2) is 0 Å². The number of allylic oxidation sites excluding steroid dienone is 5. The molecule has 0 spiro atoms. The van der Waals surface area contributed by atoms with Crippen molar-refractivity contribution in [3.63, 3.8) is 0 Å². The molecule has 3 nitrogen and oxygen atoms in total. The van der Waals surface area contributed by atoms with Crippen LogP contribution in [0.1, 0.15) is 56.1 Å². The highest BCUT2D eigenvalue weighted by molar-refractivity contribution is 6.39. The number of rotatable bonds is 8. The van der Waals surface area contributed by atoms with Gasteiger partial charge in [0.05, 0.1) is 15.6 Å². The summed E-state index contributed by atoms with van der Waals surface area (Å²) in [5.41, 5.74) is 5.34. The smallest absolute Gasteiger partial charge is 0.146 e. The number of hydrogen-bond acceptors (Lipinski definition) is 3. The van der Waals surface area contributed by atoms with Crippen LogP contribution in [0.4, 0.5) is 0 Å². The van der Waals surface area contributed by atoms with E-state index < -0.39 is 0 Å². The van der Waals surface area contributed by atoms with Crippen LogP contribution in [-0.4, -0.2) is 5.16 Å². The summed E-state index contributed by atoms with van der Waals surface area (Å²) in [6.45, 7) is 12.5. The van der Waals surface area contributed by atoms with Crippen LogP contribution in [0.2, 0.25) is 10.0 Å². The molecule has 0 bridgehead atoms. The fraction of sp³-hybridized carbons (Fsp3) is 0.258. The summed E-state index contributed by atoms with van der Waals surface area (Å²) in [6.07, 6.45) is 8.22. The molecule has 0 N–H and O–H groups in total. The maximum absolute atomic E-state index is 6.74. The predicted molar refractivity (Wildman–Crippen MR) is 156 cm³/mol. The van der Waals surface area contributed by atoms with Crippen LogP contribution in [0, 0.1) is 11.8 Å². The van der Waals surface area contributed by atoms with Crippen LogP contribution in [0.15, 0.2) is 82.6 Å². The van der Waals surface area contributed by atoms with Crippen LogP contribution in [0.5, 0.6) is 0 Å². The SMILES string of the molecule is C=C(C)c1cccc(/C=C/C2C(Cl)=CC(OCc3c(-c4c(Cl)cccc4Cl)noc3C(C)C)=C[C@H]2C)c1. The molecule has 2 atom stereocenters. The second-order valence-corrected chi connectivity index (χ2v) is 10.9. The average Bonchev–Trinajstić information content (AvgIpc) is 3.26. The van der Waals surface area contributed by atoms with Crippen LogP contribution < -0.4 is 0 Å². The lowest BCUT2D eigenvalue weighted by Gasteiger charge is -2.23. The molecule has 6 heteroatoms. The van der Waals surface area contributed by atoms with Gasteiger partial charge in [-0.05, 0) is 54.3 Å². The number of benzene rings is 2. The highest BCUT2D eigenvalue weighted by atomic mass is 35.5. The van der Waals surface area contributed by atoms with Gasteiger partial charge in [-0.3, -0.25) is 0 Å². The zero-order chi connectivity index (χ0) is 26.7. The van der Waals surface area contributed by atoms with Gasteiger partial charge in [0.1, 0.15) is 23.8 Å². The molecule has 1 aliphatic rings. The van der Waals surface area contributed by atoms with Crippen molar-refractivity contribution in [3.05, 3.63) is 111 Å². The molecule has 1 aromatic heterocycles. The monoisotopic (exact) mass is 553 g/mol. The molecule has 37 heavy (non-hydrogen) atoms. The van der Waals surface area contributed by atoms with E-state index in [1.807, 2.05) is 32.9 Å². The second-order valence-electron chi connectivity index (χ2n) is 9.66. The first-order valence-electron chi connectivity index (χ1n) is 12.2. The largest absolute Gasteiger partial charge is 0.489 e. The van der Waals surface area contributed by atoms with Gasteiger partial charge in [0.25, 0.3) is 0 Å². The van der Waals surface area contributed by atoms with Crippen molar-refractivity contribution in [1.82, 2.24) is 5.16 Å². The minimum atomic E-state index is 0.0572. The van der Waals surface area contributed by atoms with Crippen molar-refractivity contribution in [2.24, 2.45) is 11.8 Å². The minimum absolute atomic E-state index is 0.0572. The third-order valence-electron chi connectivity index (χ3n) is 6.39. The van der Waals surface area contributed by atoms with Crippen LogP contribution in [-0.2, 0) is 11.3 Å². The molecule has 1 aliphatic carbocycles. The topological polar surface area (TPSA) is 35.3 Å². The minimum Gasteiger partial charge on any atom is -0.489 e. The maximum Gasteiger partial charge on any atom is 0.146 e. The lowest BCUT2D eigenvalue weighted by molar-refractivity contribution is 0.203. The Morgan fingerprint density at radius 2 is 1.84 bits per heavy atom. The van der Waals surface area contributed by atoms with Crippen LogP contribution in [0.3, 0.4) is 0 Å². The van der Waals surface area contributed by atoms with E-state index in [1.165, 1.54) is 0 Å². The molecule has 0 aliphatic heterocycles.